The molecule has 0 aromatic heterocycles. The standard InChI is InChI=1S/C60H40/c1-60(48-22-9-4-10-23-48)55-28-16-15-25-50(55)54-37-43-30-29-42(33-46(43)38-56(54)60)45-34-44(39-17-5-2-6-18-39)35-47(36-45)57-51-26-13-14-27-52(51)58(41-20-7-3-8-21-41)59-49-24-12-11-19-40(49)31-32-53(57)59/h2-38H,1H3. The van der Waals surface area contributed by atoms with Crippen molar-refractivity contribution < 1.29 is 0 Å². The Hall–Kier alpha value is -7.54. The fraction of sp³-hybridized carbons (Fsp3) is 0.0333. The summed E-state index contributed by atoms with van der Waals surface area (Å²) in [6.07, 6.45) is 0. The van der Waals surface area contributed by atoms with Gasteiger partial charge >= 0.3 is 0 Å². The molecule has 12 rings (SSSR count). The van der Waals surface area contributed by atoms with Crippen molar-refractivity contribution in [2.45, 2.75) is 12.3 Å². The summed E-state index contributed by atoms with van der Waals surface area (Å²) in [4.78, 5) is 0. The Morgan fingerprint density at radius 1 is 0.283 bits per heavy atom. The van der Waals surface area contributed by atoms with E-state index in [0.717, 1.165) is 0 Å². The smallest absolute Gasteiger partial charge is 0.0435 e. The molecule has 1 aliphatic rings. The van der Waals surface area contributed by atoms with Gasteiger partial charge in [-0.2, -0.15) is 0 Å². The second-order valence-corrected chi connectivity index (χ2v) is 16.5. The van der Waals surface area contributed by atoms with Crippen LogP contribution in [-0.4, -0.2) is 0 Å². The molecular formula is C60H40. The summed E-state index contributed by atoms with van der Waals surface area (Å²) in [6.45, 7) is 2.40. The number of hydrogen-bond acceptors (Lipinski definition) is 0. The molecule has 11 aromatic rings. The van der Waals surface area contributed by atoms with Crippen LogP contribution in [0.4, 0.5) is 0 Å². The quantitative estimate of drug-likeness (QED) is 0.121. The third kappa shape index (κ3) is 5.24. The first-order valence-corrected chi connectivity index (χ1v) is 21.0. The molecule has 60 heavy (non-hydrogen) atoms. The summed E-state index contributed by atoms with van der Waals surface area (Å²) >= 11 is 0. The molecule has 1 aliphatic carbocycles. The molecule has 0 heteroatoms. The van der Waals surface area contributed by atoms with Crippen molar-refractivity contribution in [1.29, 1.82) is 0 Å². The minimum absolute atomic E-state index is 0.254. The molecule has 280 valence electrons. The Kier molecular flexibility index (Phi) is 7.77. The highest BCUT2D eigenvalue weighted by molar-refractivity contribution is 6.28. The zero-order valence-corrected chi connectivity index (χ0v) is 33.4. The molecule has 1 atom stereocenters. The molecule has 1 unspecified atom stereocenters. The Morgan fingerprint density at radius 3 is 1.63 bits per heavy atom. The highest BCUT2D eigenvalue weighted by Gasteiger charge is 2.40. The maximum Gasteiger partial charge on any atom is 0.0435 e. The van der Waals surface area contributed by atoms with E-state index in [9.17, 15) is 0 Å². The van der Waals surface area contributed by atoms with Crippen LogP contribution < -0.4 is 0 Å². The van der Waals surface area contributed by atoms with E-state index < -0.39 is 0 Å². The van der Waals surface area contributed by atoms with Crippen LogP contribution in [0, 0.1) is 0 Å². The molecule has 0 radical (unpaired) electrons. The first-order valence-electron chi connectivity index (χ1n) is 21.0. The van der Waals surface area contributed by atoms with Gasteiger partial charge in [-0.25, -0.2) is 0 Å². The van der Waals surface area contributed by atoms with Gasteiger partial charge < -0.3 is 0 Å². The predicted octanol–water partition coefficient (Wildman–Crippen LogP) is 16.3. The minimum Gasteiger partial charge on any atom is -0.0622 e. The molecule has 0 nitrogen and oxygen atoms in total. The van der Waals surface area contributed by atoms with E-state index in [1.807, 2.05) is 0 Å². The van der Waals surface area contributed by atoms with Gasteiger partial charge in [0.25, 0.3) is 0 Å². The van der Waals surface area contributed by atoms with Gasteiger partial charge in [0.2, 0.25) is 0 Å². The summed E-state index contributed by atoms with van der Waals surface area (Å²) in [7, 11) is 0. The Labute approximate surface area is 350 Å². The van der Waals surface area contributed by atoms with Crippen molar-refractivity contribution >= 4 is 43.1 Å². The lowest BCUT2D eigenvalue weighted by atomic mass is 9.74. The van der Waals surface area contributed by atoms with Gasteiger partial charge in [-0.05, 0) is 159 Å². The summed E-state index contributed by atoms with van der Waals surface area (Å²) in [6, 6.07) is 83.5. The Morgan fingerprint density at radius 2 is 0.867 bits per heavy atom. The van der Waals surface area contributed by atoms with Crippen molar-refractivity contribution in [3.63, 3.8) is 0 Å². The SMILES string of the molecule is CC1(c2ccccc2)c2ccccc2-c2cc3ccc(-c4cc(-c5ccccc5)cc(-c5c6ccccc6c(-c6ccccc6)c6c5ccc5ccccc56)c4)cc3cc21. The van der Waals surface area contributed by atoms with Crippen molar-refractivity contribution in [3.8, 4) is 55.6 Å². The Balaban J connectivity index is 1.12. The molecule has 11 aromatic carbocycles. The maximum atomic E-state index is 2.47. The van der Waals surface area contributed by atoms with Crippen molar-refractivity contribution in [2.24, 2.45) is 0 Å². The van der Waals surface area contributed by atoms with E-state index in [1.165, 1.54) is 115 Å². The monoisotopic (exact) mass is 760 g/mol. The lowest BCUT2D eigenvalue weighted by molar-refractivity contribution is 0.715. The second-order valence-electron chi connectivity index (χ2n) is 16.5. The van der Waals surface area contributed by atoms with Crippen LogP contribution in [0.25, 0.3) is 98.7 Å². The first-order chi connectivity index (χ1) is 29.6. The van der Waals surface area contributed by atoms with E-state index in [0.29, 0.717) is 0 Å². The molecule has 0 saturated heterocycles. The third-order valence-electron chi connectivity index (χ3n) is 13.3. The summed E-state index contributed by atoms with van der Waals surface area (Å²) < 4.78 is 0. The highest BCUT2D eigenvalue weighted by atomic mass is 14.4. The largest absolute Gasteiger partial charge is 0.0622 e. The number of benzene rings is 11. The van der Waals surface area contributed by atoms with Crippen LogP contribution in [0.2, 0.25) is 0 Å². The lowest BCUT2D eigenvalue weighted by Gasteiger charge is -2.28. The predicted molar refractivity (Wildman–Crippen MR) is 256 cm³/mol. The fourth-order valence-corrected chi connectivity index (χ4v) is 10.4. The van der Waals surface area contributed by atoms with Crippen molar-refractivity contribution in [3.05, 3.63) is 241 Å². The van der Waals surface area contributed by atoms with Gasteiger partial charge in [-0.3, -0.25) is 0 Å². The zero-order chi connectivity index (χ0) is 39.8. The molecule has 0 spiro atoms. The topological polar surface area (TPSA) is 0 Å². The summed E-state index contributed by atoms with van der Waals surface area (Å²) in [5.41, 5.74) is 16.3. The average molecular weight is 761 g/mol. The maximum absolute atomic E-state index is 2.47. The number of fused-ring (bicyclic) bond motifs is 8. The van der Waals surface area contributed by atoms with Crippen LogP contribution in [0.1, 0.15) is 23.6 Å². The summed E-state index contributed by atoms with van der Waals surface area (Å²) in [5.74, 6) is 0. The van der Waals surface area contributed by atoms with E-state index in [-0.39, 0.29) is 5.41 Å². The lowest BCUT2D eigenvalue weighted by Crippen LogP contribution is -2.22. The van der Waals surface area contributed by atoms with Gasteiger partial charge in [-0.15, -0.1) is 0 Å². The van der Waals surface area contributed by atoms with Gasteiger partial charge in [0.15, 0.2) is 0 Å². The van der Waals surface area contributed by atoms with Gasteiger partial charge in [0, 0.05) is 5.41 Å². The Bertz CT molecular complexity index is 3470. The van der Waals surface area contributed by atoms with E-state index in [4.69, 9.17) is 0 Å². The molecule has 0 N–H and O–H groups in total. The van der Waals surface area contributed by atoms with E-state index >= 15 is 0 Å². The zero-order valence-electron chi connectivity index (χ0n) is 33.4. The van der Waals surface area contributed by atoms with Crippen LogP contribution >= 0.6 is 0 Å². The van der Waals surface area contributed by atoms with E-state index in [1.54, 1.807) is 0 Å². The highest BCUT2D eigenvalue weighted by Crippen LogP contribution is 2.54. The van der Waals surface area contributed by atoms with E-state index in [2.05, 4.69) is 231 Å². The van der Waals surface area contributed by atoms with Crippen molar-refractivity contribution in [1.82, 2.24) is 0 Å². The van der Waals surface area contributed by atoms with Crippen LogP contribution in [0.3, 0.4) is 0 Å². The number of rotatable bonds is 5. The molecule has 0 amide bonds. The third-order valence-corrected chi connectivity index (χ3v) is 13.3. The molecule has 0 heterocycles. The molecule has 0 saturated carbocycles. The van der Waals surface area contributed by atoms with Crippen LogP contribution in [0.15, 0.2) is 224 Å². The van der Waals surface area contributed by atoms with Crippen molar-refractivity contribution in [2.75, 3.05) is 0 Å². The van der Waals surface area contributed by atoms with Crippen LogP contribution in [0.5, 0.6) is 0 Å². The minimum atomic E-state index is -0.254. The average Bonchev–Trinajstić information content (AvgIpc) is 3.57. The van der Waals surface area contributed by atoms with Crippen LogP contribution in [-0.2, 0) is 5.41 Å². The molecule has 0 fully saturated rings. The summed E-state index contributed by atoms with van der Waals surface area (Å²) in [5, 5.41) is 10.1. The molecular weight excluding hydrogens is 721 g/mol. The normalized spacial score (nSPS) is 14.5. The fourth-order valence-electron chi connectivity index (χ4n) is 10.4. The van der Waals surface area contributed by atoms with Gasteiger partial charge in [0.1, 0.15) is 0 Å². The number of hydrogen-bond donors (Lipinski definition) is 0. The molecule has 0 bridgehead atoms. The van der Waals surface area contributed by atoms with Gasteiger partial charge in [-0.1, -0.05) is 188 Å². The van der Waals surface area contributed by atoms with Gasteiger partial charge in [0.05, 0.1) is 0 Å². The second kappa shape index (κ2) is 13.5. The molecule has 0 aliphatic heterocycles. The first kappa shape index (κ1) is 34.5.